The summed E-state index contributed by atoms with van der Waals surface area (Å²) >= 11 is 2.07. The number of Topliss-reactive ketones (excluding diaryl/α,β-unsaturated/α-hetero) is 1. The number of carbonyl (C=O) groups excluding carboxylic acids is 1. The second-order valence-corrected chi connectivity index (χ2v) is 8.34. The summed E-state index contributed by atoms with van der Waals surface area (Å²) in [5.74, 6) is -0.0542. The maximum Gasteiger partial charge on any atom is 0.346 e. The molecule has 1 N–H and O–H groups in total. The molecule has 1 atom stereocenters. The van der Waals surface area contributed by atoms with Gasteiger partial charge in [0.05, 0.1) is 17.0 Å². The molecule has 28 heavy (non-hydrogen) atoms. The summed E-state index contributed by atoms with van der Waals surface area (Å²) in [6.07, 6.45) is 3.11. The first kappa shape index (κ1) is 19.1. The number of carbonyl (C=O) groups is 1. The van der Waals surface area contributed by atoms with E-state index in [1.165, 1.54) is 19.1 Å². The van der Waals surface area contributed by atoms with Crippen LogP contribution in [0.2, 0.25) is 0 Å². The summed E-state index contributed by atoms with van der Waals surface area (Å²) < 4.78 is 20.1. The minimum Gasteiger partial charge on any atom is -0.405 e. The molecule has 1 aromatic heterocycles. The second-order valence-electron chi connectivity index (χ2n) is 7.18. The maximum absolute atomic E-state index is 13.8. The van der Waals surface area contributed by atoms with Gasteiger partial charge in [0.25, 0.3) is 0 Å². The van der Waals surface area contributed by atoms with Gasteiger partial charge >= 0.3 is 5.63 Å². The summed E-state index contributed by atoms with van der Waals surface area (Å²) in [4.78, 5) is 25.1. The molecule has 0 amide bonds. The average molecular weight is 491 g/mol. The SMILES string of the molecule is CC(=O)c1c(NC(c2cccc(F)c2)C2CCC2)oc(=O)c2c(I)cccc12. The van der Waals surface area contributed by atoms with Gasteiger partial charge in [0.15, 0.2) is 5.78 Å². The molecule has 0 saturated heterocycles. The first-order valence-corrected chi connectivity index (χ1v) is 10.3. The Labute approximate surface area is 175 Å². The van der Waals surface area contributed by atoms with Crippen molar-refractivity contribution >= 4 is 45.0 Å². The molecule has 0 spiro atoms. The van der Waals surface area contributed by atoms with Gasteiger partial charge in [-0.1, -0.05) is 30.7 Å². The lowest BCUT2D eigenvalue weighted by Crippen LogP contribution is -2.27. The molecule has 144 valence electrons. The molecule has 4 nitrogen and oxygen atoms in total. The molecule has 0 aliphatic heterocycles. The van der Waals surface area contributed by atoms with Gasteiger partial charge in [-0.2, -0.15) is 0 Å². The Morgan fingerprint density at radius 2 is 2.00 bits per heavy atom. The number of halogens is 2. The molecule has 1 aliphatic carbocycles. The molecule has 6 heteroatoms. The molecule has 0 bridgehead atoms. The lowest BCUT2D eigenvalue weighted by Gasteiger charge is -2.35. The molecule has 3 aromatic rings. The maximum atomic E-state index is 13.8. The van der Waals surface area contributed by atoms with E-state index in [0.29, 0.717) is 22.3 Å². The van der Waals surface area contributed by atoms with Crippen LogP contribution >= 0.6 is 22.6 Å². The molecule has 1 unspecified atom stereocenters. The van der Waals surface area contributed by atoms with Crippen LogP contribution in [0.25, 0.3) is 10.8 Å². The molecular weight excluding hydrogens is 472 g/mol. The highest BCUT2D eigenvalue weighted by molar-refractivity contribution is 14.1. The van der Waals surface area contributed by atoms with Crippen molar-refractivity contribution < 1.29 is 13.6 Å². The van der Waals surface area contributed by atoms with Crippen LogP contribution in [-0.2, 0) is 0 Å². The Kier molecular flexibility index (Phi) is 5.23. The lowest BCUT2D eigenvalue weighted by atomic mass is 9.77. The van der Waals surface area contributed by atoms with Gasteiger partial charge in [0.2, 0.25) is 5.88 Å². The summed E-state index contributed by atoms with van der Waals surface area (Å²) in [5.41, 5.74) is 0.650. The third-order valence-electron chi connectivity index (χ3n) is 5.38. The van der Waals surface area contributed by atoms with Crippen molar-refractivity contribution in [1.29, 1.82) is 0 Å². The number of hydrogen-bond donors (Lipinski definition) is 1. The van der Waals surface area contributed by atoms with Crippen LogP contribution in [-0.4, -0.2) is 5.78 Å². The van der Waals surface area contributed by atoms with Gasteiger partial charge in [0, 0.05) is 8.96 Å². The van der Waals surface area contributed by atoms with Crippen LogP contribution < -0.4 is 10.9 Å². The molecule has 2 aromatic carbocycles. The van der Waals surface area contributed by atoms with Gasteiger partial charge < -0.3 is 9.73 Å². The first-order chi connectivity index (χ1) is 13.5. The topological polar surface area (TPSA) is 59.3 Å². The number of ketones is 1. The quantitative estimate of drug-likeness (QED) is 0.368. The number of nitrogens with one attached hydrogen (secondary N) is 1. The smallest absolute Gasteiger partial charge is 0.346 e. The largest absolute Gasteiger partial charge is 0.405 e. The van der Waals surface area contributed by atoms with Crippen LogP contribution in [0.5, 0.6) is 0 Å². The Morgan fingerprint density at radius 3 is 2.64 bits per heavy atom. The van der Waals surface area contributed by atoms with E-state index in [2.05, 4.69) is 27.9 Å². The summed E-state index contributed by atoms with van der Waals surface area (Å²) in [6.45, 7) is 1.46. The van der Waals surface area contributed by atoms with Crippen molar-refractivity contribution in [2.45, 2.75) is 32.2 Å². The van der Waals surface area contributed by atoms with Crippen molar-refractivity contribution in [1.82, 2.24) is 0 Å². The van der Waals surface area contributed by atoms with Gasteiger partial charge in [-0.15, -0.1) is 0 Å². The fourth-order valence-electron chi connectivity index (χ4n) is 3.80. The van der Waals surface area contributed by atoms with E-state index >= 15 is 0 Å². The number of anilines is 1. The standard InChI is InChI=1S/C22H19FINO3/c1-12(26)18-16-9-4-10-17(24)19(16)22(27)28-21(18)25-20(13-5-2-6-13)14-7-3-8-15(23)11-14/h3-4,7-11,13,20,25H,2,5-6H2,1H3. The Hall–Kier alpha value is -2.22. The van der Waals surface area contributed by atoms with Gasteiger partial charge in [-0.05, 0) is 72.0 Å². The molecule has 4 rings (SSSR count). The van der Waals surface area contributed by atoms with E-state index in [-0.39, 0.29) is 23.5 Å². The van der Waals surface area contributed by atoms with E-state index in [9.17, 15) is 14.0 Å². The van der Waals surface area contributed by atoms with E-state index in [0.717, 1.165) is 28.4 Å². The van der Waals surface area contributed by atoms with Gasteiger partial charge in [-0.25, -0.2) is 9.18 Å². The first-order valence-electron chi connectivity index (χ1n) is 9.24. The predicted octanol–water partition coefficient (Wildman–Crippen LogP) is 5.69. The molecule has 1 heterocycles. The molecule has 1 fully saturated rings. The van der Waals surface area contributed by atoms with Crippen LogP contribution in [0.4, 0.5) is 10.3 Å². The van der Waals surface area contributed by atoms with Crippen LogP contribution in [0.1, 0.15) is 48.1 Å². The van der Waals surface area contributed by atoms with Crippen LogP contribution in [0, 0.1) is 15.3 Å². The number of fused-ring (bicyclic) bond motifs is 1. The van der Waals surface area contributed by atoms with Gasteiger partial charge in [-0.3, -0.25) is 4.79 Å². The molecule has 0 radical (unpaired) electrons. The van der Waals surface area contributed by atoms with Gasteiger partial charge in [0.1, 0.15) is 5.82 Å². The number of hydrogen-bond acceptors (Lipinski definition) is 4. The average Bonchev–Trinajstić information content (AvgIpc) is 2.59. The van der Waals surface area contributed by atoms with Crippen molar-refractivity contribution in [2.24, 2.45) is 5.92 Å². The molecule has 1 aliphatic rings. The summed E-state index contributed by atoms with van der Waals surface area (Å²) in [6, 6.07) is 11.6. The third kappa shape index (κ3) is 3.45. The van der Waals surface area contributed by atoms with Crippen molar-refractivity contribution in [3.8, 4) is 0 Å². The fourth-order valence-corrected chi connectivity index (χ4v) is 4.51. The molecular formula is C22H19FINO3. The lowest BCUT2D eigenvalue weighted by molar-refractivity contribution is 0.101. The van der Waals surface area contributed by atoms with Crippen LogP contribution in [0.3, 0.4) is 0 Å². The van der Waals surface area contributed by atoms with Crippen molar-refractivity contribution in [2.75, 3.05) is 5.32 Å². The predicted molar refractivity (Wildman–Crippen MR) is 115 cm³/mol. The molecule has 1 saturated carbocycles. The highest BCUT2D eigenvalue weighted by Gasteiger charge is 2.31. The van der Waals surface area contributed by atoms with Crippen LogP contribution in [0.15, 0.2) is 51.7 Å². The Balaban J connectivity index is 1.86. The van der Waals surface area contributed by atoms with E-state index in [1.807, 2.05) is 12.1 Å². The summed E-state index contributed by atoms with van der Waals surface area (Å²) in [5, 5.41) is 4.25. The fraction of sp³-hybridized carbons (Fsp3) is 0.273. The Morgan fingerprint density at radius 1 is 1.25 bits per heavy atom. The summed E-state index contributed by atoms with van der Waals surface area (Å²) in [7, 11) is 0. The number of benzene rings is 2. The zero-order valence-electron chi connectivity index (χ0n) is 15.3. The number of rotatable bonds is 5. The monoisotopic (exact) mass is 491 g/mol. The zero-order valence-corrected chi connectivity index (χ0v) is 17.5. The van der Waals surface area contributed by atoms with Crippen molar-refractivity contribution in [3.63, 3.8) is 0 Å². The minimum absolute atomic E-state index is 0.160. The highest BCUT2D eigenvalue weighted by atomic mass is 127. The van der Waals surface area contributed by atoms with E-state index in [1.54, 1.807) is 18.2 Å². The van der Waals surface area contributed by atoms with Crippen molar-refractivity contribution in [3.05, 3.63) is 73.4 Å². The highest BCUT2D eigenvalue weighted by Crippen LogP contribution is 2.41. The minimum atomic E-state index is -0.487. The Bertz CT molecular complexity index is 1120. The van der Waals surface area contributed by atoms with E-state index < -0.39 is 5.63 Å². The third-order valence-corrected chi connectivity index (χ3v) is 6.28. The van der Waals surface area contributed by atoms with E-state index in [4.69, 9.17) is 4.42 Å². The zero-order chi connectivity index (χ0) is 19.8. The normalized spacial score (nSPS) is 15.2. The second kappa shape index (κ2) is 7.66.